The van der Waals surface area contributed by atoms with Gasteiger partial charge < -0.3 is 5.73 Å². The second kappa shape index (κ2) is 7.60. The van der Waals surface area contributed by atoms with E-state index >= 15 is 0 Å². The fraction of sp³-hybridized carbons (Fsp3) is 0.0714. The van der Waals surface area contributed by atoms with Gasteiger partial charge in [0.15, 0.2) is 0 Å². The van der Waals surface area contributed by atoms with Crippen LogP contribution in [-0.2, 0) is 6.54 Å². The van der Waals surface area contributed by atoms with E-state index in [1.54, 1.807) is 12.1 Å². The summed E-state index contributed by atoms with van der Waals surface area (Å²) in [5.74, 6) is 0. The Morgan fingerprint density at radius 2 is 1.76 bits per heavy atom. The summed E-state index contributed by atoms with van der Waals surface area (Å²) in [6.07, 6.45) is 0.833. The van der Waals surface area contributed by atoms with Gasteiger partial charge >= 0.3 is 0 Å². The van der Waals surface area contributed by atoms with E-state index in [9.17, 15) is 4.79 Å². The third-order valence-corrected chi connectivity index (χ3v) is 2.30. The predicted octanol–water partition coefficient (Wildman–Crippen LogP) is 3.30. The van der Waals surface area contributed by atoms with E-state index in [0.29, 0.717) is 6.54 Å². The first-order valence-electron chi connectivity index (χ1n) is 5.21. The molecule has 0 atom stereocenters. The maximum absolute atomic E-state index is 10.0. The van der Waals surface area contributed by atoms with Crippen molar-refractivity contribution in [2.45, 2.75) is 6.54 Å². The van der Waals surface area contributed by atoms with Crippen molar-refractivity contribution in [1.82, 2.24) is 0 Å². The van der Waals surface area contributed by atoms with Gasteiger partial charge in [-0.05, 0) is 17.7 Å². The fourth-order valence-electron chi connectivity index (χ4n) is 1.20. The van der Waals surface area contributed by atoms with E-state index in [2.05, 4.69) is 0 Å². The molecule has 0 aliphatic rings. The molecule has 2 N–H and O–H groups in total. The third-order valence-electron chi connectivity index (χ3n) is 2.06. The Kier molecular flexibility index (Phi) is 6.00. The summed E-state index contributed by atoms with van der Waals surface area (Å²) in [6.45, 7) is 0.556. The quantitative estimate of drug-likeness (QED) is 0.828. The van der Waals surface area contributed by atoms with Gasteiger partial charge in [-0.1, -0.05) is 54.1 Å². The maximum Gasteiger partial charge on any atom is 0.150 e. The van der Waals surface area contributed by atoms with Crippen molar-refractivity contribution in [1.29, 1.82) is 0 Å². The van der Waals surface area contributed by atoms with Gasteiger partial charge in [0.05, 0.1) is 0 Å². The summed E-state index contributed by atoms with van der Waals surface area (Å²) in [5, 5.41) is 0.748. The molecule has 0 aromatic heterocycles. The monoisotopic (exact) mass is 247 g/mol. The smallest absolute Gasteiger partial charge is 0.150 e. The molecule has 0 spiro atoms. The zero-order valence-electron chi connectivity index (χ0n) is 9.34. The van der Waals surface area contributed by atoms with Gasteiger partial charge in [-0.25, -0.2) is 0 Å². The Morgan fingerprint density at radius 1 is 1.06 bits per heavy atom. The van der Waals surface area contributed by atoms with Crippen molar-refractivity contribution in [2.75, 3.05) is 0 Å². The molecular formula is C14H14ClNO. The molecule has 88 valence electrons. The van der Waals surface area contributed by atoms with Crippen molar-refractivity contribution in [3.05, 3.63) is 70.7 Å². The summed E-state index contributed by atoms with van der Waals surface area (Å²) >= 11 is 5.67. The number of hydrogen-bond donors (Lipinski definition) is 1. The molecule has 0 unspecified atom stereocenters. The summed E-state index contributed by atoms with van der Waals surface area (Å²) in [4.78, 5) is 10.0. The molecule has 3 heteroatoms. The minimum Gasteiger partial charge on any atom is -0.326 e. The zero-order valence-corrected chi connectivity index (χ0v) is 10.1. The minimum atomic E-state index is 0.556. The number of aldehydes is 1. The first-order valence-corrected chi connectivity index (χ1v) is 5.59. The lowest BCUT2D eigenvalue weighted by Gasteiger charge is -1.93. The van der Waals surface area contributed by atoms with Crippen LogP contribution in [0.5, 0.6) is 0 Å². The Hall–Kier alpha value is -1.64. The number of rotatable bonds is 2. The summed E-state index contributed by atoms with van der Waals surface area (Å²) in [7, 11) is 0. The molecule has 0 radical (unpaired) electrons. The second-order valence-corrected chi connectivity index (χ2v) is 3.80. The molecule has 2 nitrogen and oxygen atoms in total. The van der Waals surface area contributed by atoms with Crippen molar-refractivity contribution in [3.63, 3.8) is 0 Å². The molecular weight excluding hydrogens is 234 g/mol. The predicted molar refractivity (Wildman–Crippen MR) is 71.2 cm³/mol. The average molecular weight is 248 g/mol. The molecule has 0 heterocycles. The molecule has 0 amide bonds. The van der Waals surface area contributed by atoms with Crippen LogP contribution in [-0.4, -0.2) is 6.29 Å². The van der Waals surface area contributed by atoms with E-state index in [0.717, 1.165) is 22.4 Å². The Bertz CT molecular complexity index is 457. The average Bonchev–Trinajstić information content (AvgIpc) is 2.40. The number of hydrogen-bond acceptors (Lipinski definition) is 2. The number of carbonyl (C=O) groups is 1. The van der Waals surface area contributed by atoms with Crippen LogP contribution in [0, 0.1) is 0 Å². The molecule has 2 aromatic rings. The van der Waals surface area contributed by atoms with E-state index in [4.69, 9.17) is 17.3 Å². The van der Waals surface area contributed by atoms with Crippen LogP contribution in [0.4, 0.5) is 0 Å². The molecule has 2 aromatic carbocycles. The molecule has 0 saturated carbocycles. The highest BCUT2D eigenvalue weighted by Gasteiger charge is 1.87. The van der Waals surface area contributed by atoms with Crippen molar-refractivity contribution < 1.29 is 4.79 Å². The molecule has 0 fully saturated rings. The van der Waals surface area contributed by atoms with Crippen LogP contribution in [0.15, 0.2) is 54.6 Å². The van der Waals surface area contributed by atoms with Gasteiger partial charge in [0.25, 0.3) is 0 Å². The second-order valence-electron chi connectivity index (χ2n) is 3.36. The van der Waals surface area contributed by atoms with Crippen LogP contribution in [0.2, 0.25) is 5.02 Å². The highest BCUT2D eigenvalue weighted by molar-refractivity contribution is 6.30. The summed E-state index contributed by atoms with van der Waals surface area (Å²) < 4.78 is 0. The molecule has 0 saturated heterocycles. The van der Waals surface area contributed by atoms with Crippen LogP contribution in [0.25, 0.3) is 0 Å². The molecule has 17 heavy (non-hydrogen) atoms. The van der Waals surface area contributed by atoms with E-state index < -0.39 is 0 Å². The first-order chi connectivity index (χ1) is 8.26. The van der Waals surface area contributed by atoms with Gasteiger partial charge in [-0.2, -0.15) is 0 Å². The Morgan fingerprint density at radius 3 is 2.18 bits per heavy atom. The van der Waals surface area contributed by atoms with Gasteiger partial charge in [0.1, 0.15) is 6.29 Å². The van der Waals surface area contributed by atoms with Gasteiger partial charge in [0, 0.05) is 17.1 Å². The number of benzene rings is 2. The number of carbonyl (C=O) groups excluding carboxylic acids is 1. The van der Waals surface area contributed by atoms with Crippen molar-refractivity contribution in [3.8, 4) is 0 Å². The Balaban J connectivity index is 0.000000171. The number of nitrogens with two attached hydrogens (primary N) is 1. The Labute approximate surface area is 106 Å². The van der Waals surface area contributed by atoms with Crippen LogP contribution < -0.4 is 5.73 Å². The van der Waals surface area contributed by atoms with Crippen LogP contribution in [0.3, 0.4) is 0 Å². The number of halogens is 1. The fourth-order valence-corrected chi connectivity index (χ4v) is 1.41. The normalized spacial score (nSPS) is 9.06. The maximum atomic E-state index is 10.0. The van der Waals surface area contributed by atoms with E-state index in [-0.39, 0.29) is 0 Å². The lowest BCUT2D eigenvalue weighted by atomic mass is 10.2. The molecule has 0 aliphatic heterocycles. The van der Waals surface area contributed by atoms with E-state index in [1.807, 2.05) is 42.5 Å². The molecule has 0 aliphatic carbocycles. The summed E-state index contributed by atoms with van der Waals surface area (Å²) in [6, 6.07) is 16.6. The standard InChI is InChI=1S/C7H8ClN.C7H6O/c8-7-3-1-2-6(4-7)5-9;8-6-7-4-2-1-3-5-7/h1-4H,5,9H2;1-6H. The van der Waals surface area contributed by atoms with Crippen LogP contribution in [0.1, 0.15) is 15.9 Å². The van der Waals surface area contributed by atoms with E-state index in [1.165, 1.54) is 0 Å². The van der Waals surface area contributed by atoms with Crippen molar-refractivity contribution >= 4 is 17.9 Å². The lowest BCUT2D eigenvalue weighted by Crippen LogP contribution is -1.94. The van der Waals surface area contributed by atoms with Gasteiger partial charge in [0.2, 0.25) is 0 Å². The molecule has 2 rings (SSSR count). The minimum absolute atomic E-state index is 0.556. The third kappa shape index (κ3) is 5.29. The topological polar surface area (TPSA) is 43.1 Å². The van der Waals surface area contributed by atoms with Gasteiger partial charge in [-0.3, -0.25) is 4.79 Å². The highest BCUT2D eigenvalue weighted by atomic mass is 35.5. The zero-order chi connectivity index (χ0) is 12.5. The van der Waals surface area contributed by atoms with Gasteiger partial charge in [-0.15, -0.1) is 0 Å². The summed E-state index contributed by atoms with van der Waals surface area (Å²) in [5.41, 5.74) is 7.16. The first kappa shape index (κ1) is 13.4. The largest absolute Gasteiger partial charge is 0.326 e. The SMILES string of the molecule is NCc1cccc(Cl)c1.O=Cc1ccccc1. The molecule has 0 bridgehead atoms. The highest BCUT2D eigenvalue weighted by Crippen LogP contribution is 2.09. The van der Waals surface area contributed by atoms with Crippen molar-refractivity contribution in [2.24, 2.45) is 5.73 Å². The van der Waals surface area contributed by atoms with Crippen LogP contribution >= 0.6 is 11.6 Å². The lowest BCUT2D eigenvalue weighted by molar-refractivity contribution is 0.112.